The molecule has 1 aliphatic carbocycles. The molecule has 3 atom stereocenters. The zero-order chi connectivity index (χ0) is 26.7. The molecule has 2 N–H and O–H groups in total. The highest BCUT2D eigenvalue weighted by Crippen LogP contribution is 2.35. The van der Waals surface area contributed by atoms with Crippen LogP contribution in [0.25, 0.3) is 0 Å². The van der Waals surface area contributed by atoms with Gasteiger partial charge >= 0.3 is 12.1 Å². The summed E-state index contributed by atoms with van der Waals surface area (Å²) in [6, 6.07) is -0.0585. The number of ether oxygens (including phenoxy) is 2. The van der Waals surface area contributed by atoms with E-state index >= 15 is 0 Å². The summed E-state index contributed by atoms with van der Waals surface area (Å²) >= 11 is 0. The number of rotatable bonds is 4. The van der Waals surface area contributed by atoms with Gasteiger partial charge in [-0.05, 0) is 46.6 Å². The molecule has 3 amide bonds. The number of amides is 3. The molecule has 202 valence electrons. The SMILES string of the molecule is CCNC(=O)NC1=CC(C)C(c2nc3c(c(N4CCOCC4C)n2)CN(C(=O)OC(C)(C)C)CC3)C=C1. The number of hydrogen-bond donors (Lipinski definition) is 2. The van der Waals surface area contributed by atoms with Crippen molar-refractivity contribution in [3.8, 4) is 0 Å². The number of urea groups is 1. The van der Waals surface area contributed by atoms with Gasteiger partial charge in [0, 0.05) is 43.2 Å². The van der Waals surface area contributed by atoms with Gasteiger partial charge in [-0.15, -0.1) is 0 Å². The minimum atomic E-state index is -0.554. The van der Waals surface area contributed by atoms with Gasteiger partial charge in [0.2, 0.25) is 0 Å². The van der Waals surface area contributed by atoms with Gasteiger partial charge < -0.3 is 29.9 Å². The van der Waals surface area contributed by atoms with Gasteiger partial charge in [-0.2, -0.15) is 0 Å². The van der Waals surface area contributed by atoms with E-state index in [4.69, 9.17) is 19.4 Å². The molecule has 3 unspecified atom stereocenters. The number of fused-ring (bicyclic) bond motifs is 1. The van der Waals surface area contributed by atoms with Gasteiger partial charge in [0.05, 0.1) is 31.5 Å². The molecule has 1 aromatic rings. The molecule has 0 aromatic carbocycles. The van der Waals surface area contributed by atoms with Gasteiger partial charge in [-0.3, -0.25) is 0 Å². The Balaban J connectivity index is 1.64. The van der Waals surface area contributed by atoms with Crippen molar-refractivity contribution in [2.75, 3.05) is 37.7 Å². The zero-order valence-electron chi connectivity index (χ0n) is 22.8. The van der Waals surface area contributed by atoms with Gasteiger partial charge in [0.15, 0.2) is 0 Å². The number of aromatic nitrogens is 2. The van der Waals surface area contributed by atoms with E-state index in [0.717, 1.165) is 35.1 Å². The number of carbonyl (C=O) groups is 2. The third kappa shape index (κ3) is 6.41. The number of morpholine rings is 1. The van der Waals surface area contributed by atoms with Crippen LogP contribution in [0, 0.1) is 5.92 Å². The lowest BCUT2D eigenvalue weighted by Gasteiger charge is -2.38. The van der Waals surface area contributed by atoms with Crippen LogP contribution in [-0.2, 0) is 22.4 Å². The highest BCUT2D eigenvalue weighted by molar-refractivity contribution is 5.76. The lowest BCUT2D eigenvalue weighted by atomic mass is 9.87. The van der Waals surface area contributed by atoms with Crippen LogP contribution in [0.15, 0.2) is 23.9 Å². The van der Waals surface area contributed by atoms with Gasteiger partial charge in [-0.25, -0.2) is 19.6 Å². The van der Waals surface area contributed by atoms with Crippen LogP contribution in [0.2, 0.25) is 0 Å². The summed E-state index contributed by atoms with van der Waals surface area (Å²) in [5, 5.41) is 5.64. The Morgan fingerprint density at radius 3 is 2.68 bits per heavy atom. The van der Waals surface area contributed by atoms with Gasteiger partial charge in [0.25, 0.3) is 0 Å². The average Bonchev–Trinajstić information content (AvgIpc) is 2.82. The van der Waals surface area contributed by atoms with E-state index in [9.17, 15) is 9.59 Å². The normalized spacial score (nSPS) is 23.7. The fourth-order valence-electron chi connectivity index (χ4n) is 4.89. The second-order valence-electron chi connectivity index (χ2n) is 11.0. The second kappa shape index (κ2) is 11.1. The first kappa shape index (κ1) is 26.9. The number of nitrogens with one attached hydrogen (secondary N) is 2. The van der Waals surface area contributed by atoms with E-state index in [1.54, 1.807) is 4.90 Å². The maximum absolute atomic E-state index is 12.9. The Morgan fingerprint density at radius 1 is 1.22 bits per heavy atom. The Labute approximate surface area is 219 Å². The third-order valence-corrected chi connectivity index (χ3v) is 6.73. The number of anilines is 1. The number of carbonyl (C=O) groups excluding carboxylic acids is 2. The van der Waals surface area contributed by atoms with Crippen molar-refractivity contribution >= 4 is 17.9 Å². The molecular weight excluding hydrogens is 472 g/mol. The molecule has 4 rings (SSSR count). The van der Waals surface area contributed by atoms with Crippen LogP contribution >= 0.6 is 0 Å². The topological polar surface area (TPSA) is 109 Å². The molecule has 37 heavy (non-hydrogen) atoms. The molecule has 0 spiro atoms. The van der Waals surface area contributed by atoms with Crippen LogP contribution < -0.4 is 15.5 Å². The highest BCUT2D eigenvalue weighted by atomic mass is 16.6. The van der Waals surface area contributed by atoms with Crippen molar-refractivity contribution in [3.05, 3.63) is 41.0 Å². The molecule has 1 fully saturated rings. The van der Waals surface area contributed by atoms with Crippen molar-refractivity contribution < 1.29 is 19.1 Å². The van der Waals surface area contributed by atoms with Crippen LogP contribution in [-0.4, -0.2) is 71.5 Å². The quantitative estimate of drug-likeness (QED) is 0.636. The average molecular weight is 513 g/mol. The number of hydrogen-bond acceptors (Lipinski definition) is 7. The summed E-state index contributed by atoms with van der Waals surface area (Å²) in [5.74, 6) is 1.70. The molecule has 3 aliphatic rings. The van der Waals surface area contributed by atoms with Gasteiger partial charge in [0.1, 0.15) is 17.2 Å². The standard InChI is InChI=1S/C27H40N6O4/c1-7-28-25(34)29-19-8-9-20(17(2)14-19)23-30-22-10-11-32(26(35)37-27(4,5)6)15-21(22)24(31-23)33-12-13-36-16-18(33)3/h8-9,14,17-18,20H,7,10-13,15-16H2,1-6H3,(H2,28,29,34). The van der Waals surface area contributed by atoms with E-state index < -0.39 is 5.60 Å². The lowest BCUT2D eigenvalue weighted by molar-refractivity contribution is 0.0222. The minimum Gasteiger partial charge on any atom is -0.444 e. The van der Waals surface area contributed by atoms with Gasteiger partial charge in [-0.1, -0.05) is 19.1 Å². The molecule has 10 nitrogen and oxygen atoms in total. The van der Waals surface area contributed by atoms with Crippen molar-refractivity contribution in [1.29, 1.82) is 0 Å². The Bertz CT molecular complexity index is 1080. The molecule has 0 bridgehead atoms. The first-order chi connectivity index (χ1) is 17.6. The Morgan fingerprint density at radius 2 is 2.00 bits per heavy atom. The molecule has 0 radical (unpaired) electrons. The van der Waals surface area contributed by atoms with Crippen molar-refractivity contribution in [2.24, 2.45) is 5.92 Å². The predicted molar refractivity (Wildman–Crippen MR) is 141 cm³/mol. The highest BCUT2D eigenvalue weighted by Gasteiger charge is 2.33. The maximum Gasteiger partial charge on any atom is 0.410 e. The van der Waals surface area contributed by atoms with E-state index in [2.05, 4.69) is 35.5 Å². The van der Waals surface area contributed by atoms with E-state index in [1.807, 2.05) is 39.8 Å². The fourth-order valence-corrected chi connectivity index (χ4v) is 4.89. The smallest absolute Gasteiger partial charge is 0.410 e. The first-order valence-corrected chi connectivity index (χ1v) is 13.2. The monoisotopic (exact) mass is 512 g/mol. The molecule has 3 heterocycles. The molecule has 0 saturated carbocycles. The van der Waals surface area contributed by atoms with E-state index in [0.29, 0.717) is 39.3 Å². The lowest BCUT2D eigenvalue weighted by Crippen LogP contribution is -2.46. The van der Waals surface area contributed by atoms with Crippen LogP contribution in [0.5, 0.6) is 0 Å². The van der Waals surface area contributed by atoms with Crippen LogP contribution in [0.3, 0.4) is 0 Å². The summed E-state index contributed by atoms with van der Waals surface area (Å²) in [6.45, 7) is 15.3. The third-order valence-electron chi connectivity index (χ3n) is 6.73. The summed E-state index contributed by atoms with van der Waals surface area (Å²) in [6.07, 6.45) is 6.36. The van der Waals surface area contributed by atoms with Crippen LogP contribution in [0.4, 0.5) is 15.4 Å². The van der Waals surface area contributed by atoms with E-state index in [-0.39, 0.29) is 30.0 Å². The summed E-state index contributed by atoms with van der Waals surface area (Å²) < 4.78 is 11.3. The number of allylic oxidation sites excluding steroid dienone is 3. The summed E-state index contributed by atoms with van der Waals surface area (Å²) in [7, 11) is 0. The predicted octanol–water partition coefficient (Wildman–Crippen LogP) is 3.49. The molecule has 1 saturated heterocycles. The molecule has 2 aliphatic heterocycles. The minimum absolute atomic E-state index is 0.0240. The number of nitrogens with zero attached hydrogens (tertiary/aromatic N) is 4. The fraction of sp³-hybridized carbons (Fsp3) is 0.630. The van der Waals surface area contributed by atoms with Crippen LogP contribution in [0.1, 0.15) is 64.5 Å². The molecular formula is C27H40N6O4. The largest absolute Gasteiger partial charge is 0.444 e. The Hall–Kier alpha value is -3.14. The maximum atomic E-state index is 12.9. The molecule has 1 aromatic heterocycles. The van der Waals surface area contributed by atoms with Crippen molar-refractivity contribution in [3.63, 3.8) is 0 Å². The molecule has 10 heteroatoms. The summed E-state index contributed by atoms with van der Waals surface area (Å²) in [4.78, 5) is 39.0. The van der Waals surface area contributed by atoms with E-state index in [1.165, 1.54) is 0 Å². The summed E-state index contributed by atoms with van der Waals surface area (Å²) in [5.41, 5.74) is 2.18. The second-order valence-corrected chi connectivity index (χ2v) is 11.0. The van der Waals surface area contributed by atoms with Crippen molar-refractivity contribution in [1.82, 2.24) is 25.5 Å². The van der Waals surface area contributed by atoms with Crippen molar-refractivity contribution in [2.45, 2.75) is 72.1 Å². The Kier molecular flexibility index (Phi) is 8.06. The first-order valence-electron chi connectivity index (χ1n) is 13.2. The zero-order valence-corrected chi connectivity index (χ0v) is 22.8.